The number of rotatable bonds is 2. The number of hydrogen-bond donors (Lipinski definition) is 2. The Morgan fingerprint density at radius 2 is 2.07 bits per heavy atom. The number of carbonyl (C=O) groups excluding carboxylic acids is 1. The average Bonchev–Trinajstić information content (AvgIpc) is 2.61. The van der Waals surface area contributed by atoms with E-state index >= 15 is 0 Å². The van der Waals surface area contributed by atoms with Crippen molar-refractivity contribution in [1.82, 2.24) is 0 Å². The molecule has 1 unspecified atom stereocenters. The van der Waals surface area contributed by atoms with E-state index in [1.807, 2.05) is 0 Å². The van der Waals surface area contributed by atoms with E-state index in [1.165, 1.54) is 0 Å². The maximum atomic E-state index is 11.6. The number of nitrogens with zero attached hydrogens (tertiary/aromatic N) is 1. The molecule has 1 aromatic carbocycles. The van der Waals surface area contributed by atoms with Gasteiger partial charge < -0.3 is 15.7 Å². The van der Waals surface area contributed by atoms with E-state index in [0.29, 0.717) is 19.5 Å². The highest BCUT2D eigenvalue weighted by atomic mass is 16.3. The van der Waals surface area contributed by atoms with Gasteiger partial charge in [0.25, 0.3) is 0 Å². The molecule has 0 aromatic heterocycles. The lowest BCUT2D eigenvalue weighted by atomic mass is 10.1. The van der Waals surface area contributed by atoms with E-state index < -0.39 is 0 Å². The Balaban J connectivity index is 2.18. The van der Waals surface area contributed by atoms with Crippen molar-refractivity contribution in [2.75, 3.05) is 18.0 Å². The minimum absolute atomic E-state index is 0.108. The van der Waals surface area contributed by atoms with Crippen LogP contribution in [-0.2, 0) is 4.79 Å². The molecular weight excluding hydrogens is 192 g/mol. The van der Waals surface area contributed by atoms with E-state index in [-0.39, 0.29) is 17.6 Å². The van der Waals surface area contributed by atoms with E-state index in [2.05, 4.69) is 0 Å². The highest BCUT2D eigenvalue weighted by molar-refractivity contribution is 5.95. The number of amides is 1. The number of nitrogens with two attached hydrogens (primary N) is 1. The molecular formula is C11H14N2O2. The van der Waals surface area contributed by atoms with Crippen molar-refractivity contribution in [1.29, 1.82) is 0 Å². The zero-order valence-corrected chi connectivity index (χ0v) is 8.39. The van der Waals surface area contributed by atoms with Gasteiger partial charge in [0.15, 0.2) is 0 Å². The number of phenols is 1. The zero-order valence-electron chi connectivity index (χ0n) is 8.39. The van der Waals surface area contributed by atoms with E-state index in [1.54, 1.807) is 29.2 Å². The largest absolute Gasteiger partial charge is 0.508 e. The van der Waals surface area contributed by atoms with Crippen LogP contribution in [0, 0.1) is 5.92 Å². The highest BCUT2D eigenvalue weighted by Crippen LogP contribution is 2.25. The van der Waals surface area contributed by atoms with Crippen molar-refractivity contribution in [3.63, 3.8) is 0 Å². The molecule has 1 atom stereocenters. The van der Waals surface area contributed by atoms with Gasteiger partial charge in [-0.1, -0.05) is 0 Å². The first kappa shape index (κ1) is 9.98. The van der Waals surface area contributed by atoms with Crippen molar-refractivity contribution in [3.05, 3.63) is 24.3 Å². The summed E-state index contributed by atoms with van der Waals surface area (Å²) in [6.07, 6.45) is 0.525. The second-order valence-corrected chi connectivity index (χ2v) is 3.83. The molecule has 1 amide bonds. The molecule has 15 heavy (non-hydrogen) atoms. The van der Waals surface area contributed by atoms with Crippen LogP contribution < -0.4 is 10.6 Å². The number of carbonyl (C=O) groups is 1. The minimum Gasteiger partial charge on any atom is -0.508 e. The lowest BCUT2D eigenvalue weighted by molar-refractivity contribution is -0.117. The van der Waals surface area contributed by atoms with Crippen LogP contribution in [-0.4, -0.2) is 24.1 Å². The van der Waals surface area contributed by atoms with Gasteiger partial charge in [-0.15, -0.1) is 0 Å². The first-order chi connectivity index (χ1) is 7.20. The number of anilines is 1. The van der Waals surface area contributed by atoms with Crippen molar-refractivity contribution >= 4 is 11.6 Å². The summed E-state index contributed by atoms with van der Waals surface area (Å²) in [4.78, 5) is 13.4. The third-order valence-electron chi connectivity index (χ3n) is 2.70. The molecule has 0 bridgehead atoms. The predicted molar refractivity (Wildman–Crippen MR) is 57.6 cm³/mol. The van der Waals surface area contributed by atoms with Gasteiger partial charge in [-0.3, -0.25) is 4.79 Å². The van der Waals surface area contributed by atoms with Crippen LogP contribution in [0.2, 0.25) is 0 Å². The first-order valence-electron chi connectivity index (χ1n) is 5.00. The monoisotopic (exact) mass is 206 g/mol. The Labute approximate surface area is 88.3 Å². The Hall–Kier alpha value is -1.55. The Morgan fingerprint density at radius 3 is 2.60 bits per heavy atom. The quantitative estimate of drug-likeness (QED) is 0.748. The molecule has 1 aliphatic rings. The Morgan fingerprint density at radius 1 is 1.40 bits per heavy atom. The molecule has 3 N–H and O–H groups in total. The maximum Gasteiger partial charge on any atom is 0.227 e. The number of aromatic hydroxyl groups is 1. The average molecular weight is 206 g/mol. The third-order valence-corrected chi connectivity index (χ3v) is 2.70. The summed E-state index contributed by atoms with van der Waals surface area (Å²) in [7, 11) is 0. The lowest BCUT2D eigenvalue weighted by Gasteiger charge is -2.16. The van der Waals surface area contributed by atoms with E-state index in [9.17, 15) is 4.79 Å². The van der Waals surface area contributed by atoms with Crippen molar-refractivity contribution < 1.29 is 9.90 Å². The summed E-state index contributed by atoms with van der Waals surface area (Å²) in [5.74, 6) is 0.572. The summed E-state index contributed by atoms with van der Waals surface area (Å²) in [5, 5.41) is 9.14. The Kier molecular flexibility index (Phi) is 2.60. The van der Waals surface area contributed by atoms with E-state index in [4.69, 9.17) is 10.8 Å². The van der Waals surface area contributed by atoms with Gasteiger partial charge in [0.1, 0.15) is 5.75 Å². The molecule has 1 heterocycles. The Bertz CT molecular complexity index is 361. The second-order valence-electron chi connectivity index (χ2n) is 3.83. The molecule has 1 aliphatic heterocycles. The highest BCUT2D eigenvalue weighted by Gasteiger charge is 2.29. The number of hydrogen-bond acceptors (Lipinski definition) is 3. The van der Waals surface area contributed by atoms with Crippen molar-refractivity contribution in [2.45, 2.75) is 6.42 Å². The summed E-state index contributed by atoms with van der Waals surface area (Å²) in [6, 6.07) is 6.65. The van der Waals surface area contributed by atoms with Gasteiger partial charge in [-0.2, -0.15) is 0 Å². The predicted octanol–water partition coefficient (Wildman–Crippen LogP) is 0.704. The maximum absolute atomic E-state index is 11.6. The standard InChI is InChI=1S/C11H14N2O2/c12-6-8-5-11(15)13(7-8)9-1-3-10(14)4-2-9/h1-4,8,14H,5-7,12H2. The third kappa shape index (κ3) is 1.94. The molecule has 80 valence electrons. The number of benzene rings is 1. The van der Waals surface area contributed by atoms with Crippen LogP contribution in [0.1, 0.15) is 6.42 Å². The van der Waals surface area contributed by atoms with Gasteiger partial charge in [-0.05, 0) is 36.7 Å². The summed E-state index contributed by atoms with van der Waals surface area (Å²) < 4.78 is 0. The molecule has 0 radical (unpaired) electrons. The summed E-state index contributed by atoms with van der Waals surface area (Å²) in [6.45, 7) is 1.22. The van der Waals surface area contributed by atoms with Crippen LogP contribution in [0.3, 0.4) is 0 Å². The molecule has 1 saturated heterocycles. The van der Waals surface area contributed by atoms with Crippen LogP contribution in [0.25, 0.3) is 0 Å². The van der Waals surface area contributed by atoms with Crippen LogP contribution in [0.15, 0.2) is 24.3 Å². The van der Waals surface area contributed by atoms with Crippen LogP contribution >= 0.6 is 0 Å². The van der Waals surface area contributed by atoms with Gasteiger partial charge in [0.05, 0.1) is 0 Å². The summed E-state index contributed by atoms with van der Waals surface area (Å²) >= 11 is 0. The normalized spacial score (nSPS) is 21.0. The first-order valence-corrected chi connectivity index (χ1v) is 5.00. The molecule has 1 fully saturated rings. The van der Waals surface area contributed by atoms with Gasteiger partial charge in [0, 0.05) is 18.7 Å². The SMILES string of the molecule is NCC1CC(=O)N(c2ccc(O)cc2)C1. The fourth-order valence-corrected chi connectivity index (χ4v) is 1.82. The molecule has 2 rings (SSSR count). The molecule has 4 nitrogen and oxygen atoms in total. The molecule has 0 saturated carbocycles. The second kappa shape index (κ2) is 3.90. The van der Waals surface area contributed by atoms with E-state index in [0.717, 1.165) is 5.69 Å². The molecule has 1 aromatic rings. The lowest BCUT2D eigenvalue weighted by Crippen LogP contribution is -2.25. The van der Waals surface area contributed by atoms with Crippen molar-refractivity contribution in [3.8, 4) is 5.75 Å². The minimum atomic E-state index is 0.108. The smallest absolute Gasteiger partial charge is 0.227 e. The topological polar surface area (TPSA) is 66.6 Å². The summed E-state index contributed by atoms with van der Waals surface area (Å²) in [5.41, 5.74) is 6.37. The molecule has 4 heteroatoms. The fourth-order valence-electron chi connectivity index (χ4n) is 1.82. The van der Waals surface area contributed by atoms with Crippen LogP contribution in [0.4, 0.5) is 5.69 Å². The number of phenolic OH excluding ortho intramolecular Hbond substituents is 1. The van der Waals surface area contributed by atoms with Gasteiger partial charge in [0.2, 0.25) is 5.91 Å². The molecule has 0 spiro atoms. The van der Waals surface area contributed by atoms with Crippen molar-refractivity contribution in [2.24, 2.45) is 11.7 Å². The van der Waals surface area contributed by atoms with Gasteiger partial charge in [-0.25, -0.2) is 0 Å². The zero-order chi connectivity index (χ0) is 10.8. The van der Waals surface area contributed by atoms with Gasteiger partial charge >= 0.3 is 0 Å². The fraction of sp³-hybridized carbons (Fsp3) is 0.364. The molecule has 0 aliphatic carbocycles. The van der Waals surface area contributed by atoms with Crippen LogP contribution in [0.5, 0.6) is 5.75 Å².